The Morgan fingerprint density at radius 1 is 1.53 bits per heavy atom. The number of carbonyl (C=O) groups is 2. The summed E-state index contributed by atoms with van der Waals surface area (Å²) in [6, 6.07) is -0.869. The molecule has 0 spiro atoms. The second kappa shape index (κ2) is 4.72. The number of aryl methyl sites for hydroxylation is 1. The summed E-state index contributed by atoms with van der Waals surface area (Å²) in [5, 5.41) is 0. The fraction of sp³-hybridized carbons (Fsp3) is 0.500. The standard InChI is InChI=1S/C10H15N2O3/c1-4-15-10(14)9(8(2)13)12-6-5-11(3)7-12/h5-7,9H,4H2,1-3H3/q+1. The van der Waals surface area contributed by atoms with Crippen LogP contribution >= 0.6 is 0 Å². The third-order valence-corrected chi connectivity index (χ3v) is 1.98. The van der Waals surface area contributed by atoms with E-state index in [-0.39, 0.29) is 12.4 Å². The molecule has 5 nitrogen and oxygen atoms in total. The normalized spacial score (nSPS) is 12.2. The largest absolute Gasteiger partial charge is 0.463 e. The Morgan fingerprint density at radius 3 is 2.60 bits per heavy atom. The van der Waals surface area contributed by atoms with E-state index in [1.165, 1.54) is 6.92 Å². The molecule has 1 rings (SSSR count). The number of carbonyl (C=O) groups excluding carboxylic acids is 2. The highest BCUT2D eigenvalue weighted by Crippen LogP contribution is 2.08. The molecule has 0 N–H and O–H groups in total. The molecule has 1 unspecified atom stereocenters. The van der Waals surface area contributed by atoms with Gasteiger partial charge >= 0.3 is 5.97 Å². The molecule has 0 fully saturated rings. The number of imidazole rings is 1. The first-order valence-corrected chi connectivity index (χ1v) is 4.76. The minimum atomic E-state index is -0.869. The number of nitrogens with zero attached hydrogens (tertiary/aromatic N) is 2. The summed E-state index contributed by atoms with van der Waals surface area (Å²) in [7, 11) is 1.82. The molecule has 0 saturated heterocycles. The Kier molecular flexibility index (Phi) is 3.60. The highest BCUT2D eigenvalue weighted by atomic mass is 16.5. The molecule has 1 aromatic heterocycles. The number of hydrogen-bond donors (Lipinski definition) is 0. The van der Waals surface area contributed by atoms with Gasteiger partial charge in [-0.3, -0.25) is 4.79 Å². The third kappa shape index (κ3) is 2.65. The van der Waals surface area contributed by atoms with Gasteiger partial charge in [0.05, 0.1) is 13.7 Å². The summed E-state index contributed by atoms with van der Waals surface area (Å²) < 4.78 is 8.14. The lowest BCUT2D eigenvalue weighted by Gasteiger charge is -2.08. The van der Waals surface area contributed by atoms with Crippen molar-refractivity contribution < 1.29 is 18.9 Å². The van der Waals surface area contributed by atoms with E-state index in [2.05, 4.69) is 0 Å². The second-order valence-corrected chi connectivity index (χ2v) is 3.29. The van der Waals surface area contributed by atoms with Crippen molar-refractivity contribution in [1.82, 2.24) is 4.57 Å². The lowest BCUT2D eigenvalue weighted by Crippen LogP contribution is -2.30. The van der Waals surface area contributed by atoms with Crippen LogP contribution in [0, 0.1) is 0 Å². The zero-order valence-corrected chi connectivity index (χ0v) is 9.14. The maximum absolute atomic E-state index is 11.5. The molecule has 0 aliphatic carbocycles. The van der Waals surface area contributed by atoms with Crippen LogP contribution < -0.4 is 4.57 Å². The minimum Gasteiger partial charge on any atom is -0.463 e. The fourth-order valence-corrected chi connectivity index (χ4v) is 1.34. The van der Waals surface area contributed by atoms with Crippen molar-refractivity contribution in [3.8, 4) is 0 Å². The molecule has 5 heteroatoms. The molecule has 82 valence electrons. The quantitative estimate of drug-likeness (QED) is 0.400. The van der Waals surface area contributed by atoms with E-state index in [4.69, 9.17) is 4.74 Å². The SMILES string of the molecule is CCOC(=O)C(C(C)=O)n1cc[n+](C)c1. The number of aromatic nitrogens is 2. The molecular formula is C10H15N2O3+. The number of hydrogen-bond acceptors (Lipinski definition) is 3. The van der Waals surface area contributed by atoms with Crippen molar-refractivity contribution in [2.45, 2.75) is 19.9 Å². The molecule has 0 radical (unpaired) electrons. The van der Waals surface area contributed by atoms with Crippen LogP contribution in [0.3, 0.4) is 0 Å². The predicted octanol–water partition coefficient (Wildman–Crippen LogP) is 0.00580. The van der Waals surface area contributed by atoms with Gasteiger partial charge in [-0.25, -0.2) is 13.9 Å². The Balaban J connectivity index is 2.93. The highest BCUT2D eigenvalue weighted by Gasteiger charge is 2.31. The van der Waals surface area contributed by atoms with E-state index in [9.17, 15) is 9.59 Å². The van der Waals surface area contributed by atoms with Gasteiger partial charge in [0.25, 0.3) is 6.04 Å². The van der Waals surface area contributed by atoms with Crippen LogP contribution in [0.25, 0.3) is 0 Å². The smallest absolute Gasteiger partial charge is 0.359 e. The van der Waals surface area contributed by atoms with Crippen LogP contribution in [-0.4, -0.2) is 22.9 Å². The van der Waals surface area contributed by atoms with Gasteiger partial charge in [-0.05, 0) is 13.8 Å². The molecule has 0 saturated carbocycles. The van der Waals surface area contributed by atoms with Gasteiger partial charge in [-0.2, -0.15) is 0 Å². The van der Waals surface area contributed by atoms with E-state index in [1.807, 2.05) is 7.05 Å². The molecule has 0 aromatic carbocycles. The molecule has 0 aliphatic rings. The van der Waals surface area contributed by atoms with E-state index in [0.29, 0.717) is 0 Å². The van der Waals surface area contributed by atoms with Crippen molar-refractivity contribution >= 4 is 11.8 Å². The van der Waals surface area contributed by atoms with Gasteiger partial charge in [0.15, 0.2) is 5.78 Å². The van der Waals surface area contributed by atoms with Gasteiger partial charge < -0.3 is 4.74 Å². The first-order chi connectivity index (χ1) is 7.06. The molecule has 1 heterocycles. The summed E-state index contributed by atoms with van der Waals surface area (Å²) in [5.74, 6) is -0.745. The predicted molar refractivity (Wildman–Crippen MR) is 52.0 cm³/mol. The van der Waals surface area contributed by atoms with Crippen molar-refractivity contribution in [1.29, 1.82) is 0 Å². The van der Waals surface area contributed by atoms with Crippen LogP contribution in [0.4, 0.5) is 0 Å². The Bertz CT molecular complexity index is 370. The summed E-state index contributed by atoms with van der Waals surface area (Å²) in [5.41, 5.74) is 0. The monoisotopic (exact) mass is 211 g/mol. The Morgan fingerprint density at radius 2 is 2.20 bits per heavy atom. The lowest BCUT2D eigenvalue weighted by molar-refractivity contribution is -0.671. The Labute approximate surface area is 88.3 Å². The number of rotatable bonds is 4. The van der Waals surface area contributed by atoms with Crippen LogP contribution in [0.1, 0.15) is 19.9 Å². The topological polar surface area (TPSA) is 52.2 Å². The van der Waals surface area contributed by atoms with Crippen molar-refractivity contribution in [3.63, 3.8) is 0 Å². The average molecular weight is 211 g/mol. The molecule has 0 bridgehead atoms. The first kappa shape index (κ1) is 11.4. The summed E-state index contributed by atoms with van der Waals surface area (Å²) in [6.45, 7) is 3.36. The number of ketones is 1. The van der Waals surface area contributed by atoms with Crippen molar-refractivity contribution in [3.05, 3.63) is 18.7 Å². The summed E-state index contributed by atoms with van der Waals surface area (Å²) in [6.07, 6.45) is 5.10. The van der Waals surface area contributed by atoms with Crippen LogP contribution in [0.2, 0.25) is 0 Å². The lowest BCUT2D eigenvalue weighted by atomic mass is 10.2. The second-order valence-electron chi connectivity index (χ2n) is 3.29. The fourth-order valence-electron chi connectivity index (χ4n) is 1.34. The number of Topliss-reactive ketones (excluding diaryl/α,β-unsaturated/α-hetero) is 1. The van der Waals surface area contributed by atoms with Gasteiger partial charge in [0.2, 0.25) is 6.33 Å². The van der Waals surface area contributed by atoms with E-state index in [1.54, 1.807) is 34.8 Å². The van der Waals surface area contributed by atoms with Crippen LogP contribution in [0.15, 0.2) is 18.7 Å². The third-order valence-electron chi connectivity index (χ3n) is 1.98. The summed E-state index contributed by atoms with van der Waals surface area (Å²) >= 11 is 0. The Hall–Kier alpha value is -1.65. The number of esters is 1. The minimum absolute atomic E-state index is 0.232. The van der Waals surface area contributed by atoms with Crippen LogP contribution in [0.5, 0.6) is 0 Å². The van der Waals surface area contributed by atoms with Gasteiger partial charge in [0, 0.05) is 0 Å². The molecule has 0 amide bonds. The molecule has 1 atom stereocenters. The summed E-state index contributed by atoms with van der Waals surface area (Å²) in [4.78, 5) is 22.9. The molecule has 0 aliphatic heterocycles. The number of ether oxygens (including phenoxy) is 1. The van der Waals surface area contributed by atoms with Gasteiger partial charge in [-0.15, -0.1) is 0 Å². The van der Waals surface area contributed by atoms with E-state index in [0.717, 1.165) is 0 Å². The maximum Gasteiger partial charge on any atom is 0.359 e. The molecular weight excluding hydrogens is 196 g/mol. The maximum atomic E-state index is 11.5. The van der Waals surface area contributed by atoms with E-state index >= 15 is 0 Å². The van der Waals surface area contributed by atoms with E-state index < -0.39 is 12.0 Å². The van der Waals surface area contributed by atoms with Gasteiger partial charge in [-0.1, -0.05) is 0 Å². The highest BCUT2D eigenvalue weighted by molar-refractivity contribution is 5.99. The first-order valence-electron chi connectivity index (χ1n) is 4.76. The molecule has 15 heavy (non-hydrogen) atoms. The zero-order chi connectivity index (χ0) is 11.4. The molecule has 1 aromatic rings. The van der Waals surface area contributed by atoms with Crippen molar-refractivity contribution in [2.75, 3.05) is 6.61 Å². The van der Waals surface area contributed by atoms with Gasteiger partial charge in [0.1, 0.15) is 12.4 Å². The zero-order valence-electron chi connectivity index (χ0n) is 9.14. The van der Waals surface area contributed by atoms with Crippen molar-refractivity contribution in [2.24, 2.45) is 7.05 Å². The van der Waals surface area contributed by atoms with Crippen LogP contribution in [-0.2, 0) is 21.4 Å². The average Bonchev–Trinajstić information content (AvgIpc) is 2.51.